The topological polar surface area (TPSA) is 224 Å². The summed E-state index contributed by atoms with van der Waals surface area (Å²) in [5.41, 5.74) is 31.0. The molecule has 24 heteroatoms. The Labute approximate surface area is 619 Å². The first-order valence-corrected chi connectivity index (χ1v) is 43.5. The zero-order valence-electron chi connectivity index (χ0n) is 55.3. The van der Waals surface area contributed by atoms with Crippen LogP contribution in [-0.4, -0.2) is 69.2 Å². The first-order valence-electron chi connectivity index (χ1n) is 32.4. The van der Waals surface area contributed by atoms with Crippen LogP contribution in [0.5, 0.6) is 0 Å². The van der Waals surface area contributed by atoms with E-state index in [9.17, 15) is 16.8 Å². The second kappa shape index (κ2) is 33.8. The van der Waals surface area contributed by atoms with Gasteiger partial charge in [-0.2, -0.15) is 0 Å². The summed E-state index contributed by atoms with van der Waals surface area (Å²) in [6.07, 6.45) is 6.59. The molecule has 510 valence electrons. The predicted molar refractivity (Wildman–Crippen MR) is 434 cm³/mol. The van der Waals surface area contributed by atoms with Gasteiger partial charge in [-0.1, -0.05) is 181 Å². The third-order valence-corrected chi connectivity index (χ3v) is 30.3. The van der Waals surface area contributed by atoms with Crippen molar-refractivity contribution in [2.75, 3.05) is 34.5 Å². The van der Waals surface area contributed by atoms with Crippen molar-refractivity contribution in [3.63, 3.8) is 0 Å². The van der Waals surface area contributed by atoms with Crippen LogP contribution < -0.4 is 17.2 Å². The van der Waals surface area contributed by atoms with Crippen LogP contribution in [0.3, 0.4) is 0 Å². The number of rotatable bonds is 20. The Kier molecular flexibility index (Phi) is 24.4. The number of nitrogens with two attached hydrogens (primary N) is 3. The van der Waals surface area contributed by atoms with Gasteiger partial charge in [0.1, 0.15) is 31.9 Å². The minimum atomic E-state index is -1.13. The molecule has 6 N–H and O–H groups in total. The van der Waals surface area contributed by atoms with Crippen LogP contribution in [0.4, 0.5) is 17.1 Å². The summed E-state index contributed by atoms with van der Waals surface area (Å²) in [6.45, 7) is 10.1. The van der Waals surface area contributed by atoms with Gasteiger partial charge in [0.05, 0.1) is 102 Å². The third-order valence-electron chi connectivity index (χ3n) is 15.7. The maximum atomic E-state index is 12.7. The molecule has 0 spiro atoms. The zero-order chi connectivity index (χ0) is 69.8. The number of hydrogen-bond acceptors (Lipinski definition) is 20. The summed E-state index contributed by atoms with van der Waals surface area (Å²) < 4.78 is 53.4. The molecular formula is C76H71N9O4S11. The number of thiophene rings is 6. The van der Waals surface area contributed by atoms with Crippen molar-refractivity contribution < 1.29 is 16.8 Å². The van der Waals surface area contributed by atoms with Crippen LogP contribution >= 0.6 is 79.4 Å². The quantitative estimate of drug-likeness (QED) is 0.0647. The van der Waals surface area contributed by atoms with Crippen LogP contribution in [-0.2, 0) is 43.2 Å². The Hall–Kier alpha value is -7.72. The molecule has 0 aliphatic carbocycles. The van der Waals surface area contributed by atoms with Gasteiger partial charge in [-0.05, 0) is 94.7 Å². The van der Waals surface area contributed by atoms with E-state index in [1.807, 2.05) is 146 Å². The number of anilines is 3. The molecule has 11 heterocycles. The monoisotopic (exact) mass is 1530 g/mol. The maximum Gasteiger partial charge on any atom is 0.190 e. The summed E-state index contributed by atoms with van der Waals surface area (Å²) in [5.74, 6) is 2.55. The Morgan fingerprint density at radius 1 is 0.420 bits per heavy atom. The van der Waals surface area contributed by atoms with E-state index in [4.69, 9.17) is 37.1 Å². The maximum absolute atomic E-state index is 12.7. The smallest absolute Gasteiger partial charge is 0.190 e. The molecule has 0 aliphatic heterocycles. The predicted octanol–water partition coefficient (Wildman–Crippen LogP) is 21.4. The summed E-state index contributed by atoms with van der Waals surface area (Å²) >= 11 is 10.7. The van der Waals surface area contributed by atoms with E-state index in [1.165, 1.54) is 45.3 Å². The van der Waals surface area contributed by atoms with Gasteiger partial charge < -0.3 is 17.2 Å². The number of unbranched alkanes of at least 4 members (excludes halogenated alkanes) is 2. The second-order valence-electron chi connectivity index (χ2n) is 23.1. The standard InChI is InChI=1S/2C20H18N2OS3.C19H18N4OS3.C17H17NOS2/c1-12(2)26(23)20-18(21)17-14(13-7-4-3-5-8-13)11-15(22-19(17)25-20)16-9-6-10-24-16;1-2-11-26(23)20-18(21)17-14(13-7-4-3-5-8-13)12-15(22-19(17)25-20)16-9-6-10-24-16;1-2-3-11-27(24)19-14(20)13-15(12-7-5-4-6-8-12)22-16(23-17(13)26-19)18-21-9-10-25-18;1-2-3-11-21(19)16-12-14-9-10-15(18-17(14)20-16)13-7-5-4-6-8-13/h3-12H,21H2,1-2H3;3-10,12H,2,11,21H2,1H3;4-10H,2-3,11,20H2,1H3;4-10,12H,2-3,11H2,1H3. The Morgan fingerprint density at radius 2 is 0.900 bits per heavy atom. The number of hydrogen-bond donors (Lipinski definition) is 3. The molecule has 0 saturated carbocycles. The van der Waals surface area contributed by atoms with Crippen LogP contribution in [0.1, 0.15) is 66.7 Å². The Balaban J connectivity index is 0.000000127. The number of fused-ring (bicyclic) bond motifs is 4. The molecule has 15 rings (SSSR count). The van der Waals surface area contributed by atoms with Gasteiger partial charge in [-0.25, -0.2) is 29.9 Å². The third kappa shape index (κ3) is 16.4. The molecule has 0 aliphatic rings. The SMILES string of the molecule is CC(C)S(=O)c1sc2nc(-c3cccs3)cc(-c3ccccc3)c2c1N.CCCCS(=O)c1cc2ccc(-c3ccccc3)nc2s1.CCCCS(=O)c1sc2nc(-c3nccs3)nc(-c3ccccc3)c2c1N.CCCS(=O)c1sc2nc(-c3cccs3)cc(-c3ccccc3)c2c1N. The van der Waals surface area contributed by atoms with E-state index in [-0.39, 0.29) is 5.25 Å². The first kappa shape index (κ1) is 72.1. The van der Waals surface area contributed by atoms with Crippen molar-refractivity contribution in [1.82, 2.24) is 29.9 Å². The van der Waals surface area contributed by atoms with Crippen molar-refractivity contribution in [3.8, 4) is 76.7 Å². The van der Waals surface area contributed by atoms with Crippen molar-refractivity contribution in [3.05, 3.63) is 198 Å². The van der Waals surface area contributed by atoms with Crippen LogP contribution in [0.25, 0.3) is 118 Å². The molecule has 4 atom stereocenters. The number of nitrogen functional groups attached to an aromatic ring is 3. The Morgan fingerprint density at radius 3 is 1.40 bits per heavy atom. The van der Waals surface area contributed by atoms with E-state index in [0.717, 1.165) is 162 Å². The molecule has 13 nitrogen and oxygen atoms in total. The van der Waals surface area contributed by atoms with Crippen LogP contribution in [0.15, 0.2) is 215 Å². The van der Waals surface area contributed by atoms with Crippen molar-refractivity contribution >= 4 is 180 Å². The minimum Gasteiger partial charge on any atom is -0.396 e. The van der Waals surface area contributed by atoms with Gasteiger partial charge >= 0.3 is 0 Å². The fraction of sp³-hybridized carbons (Fsp3) is 0.184. The molecular weight excluding hydrogens is 1460 g/mol. The van der Waals surface area contributed by atoms with Crippen molar-refractivity contribution in [1.29, 1.82) is 0 Å². The van der Waals surface area contributed by atoms with E-state index < -0.39 is 43.2 Å². The average Bonchev–Trinajstić information content (AvgIpc) is 1.60. The highest BCUT2D eigenvalue weighted by atomic mass is 32.2. The number of benzene rings is 4. The van der Waals surface area contributed by atoms with Gasteiger partial charge in [-0.15, -0.1) is 79.4 Å². The molecule has 0 bridgehead atoms. The van der Waals surface area contributed by atoms with E-state index >= 15 is 0 Å². The van der Waals surface area contributed by atoms with Crippen molar-refractivity contribution in [2.24, 2.45) is 0 Å². The molecule has 0 radical (unpaired) electrons. The van der Waals surface area contributed by atoms with E-state index in [2.05, 4.69) is 90.5 Å². The number of thiazole rings is 1. The lowest BCUT2D eigenvalue weighted by Gasteiger charge is -2.08. The molecule has 0 amide bonds. The normalized spacial score (nSPS) is 12.6. The second-order valence-corrected chi connectivity index (χ2v) is 37.4. The lowest BCUT2D eigenvalue weighted by Crippen LogP contribution is -2.05. The number of nitrogens with zero attached hydrogens (tertiary/aromatic N) is 6. The highest BCUT2D eigenvalue weighted by Crippen LogP contribution is 2.46. The summed E-state index contributed by atoms with van der Waals surface area (Å²) in [5, 5.41) is 10.5. The van der Waals surface area contributed by atoms with E-state index in [1.54, 1.807) is 40.2 Å². The minimum absolute atomic E-state index is 0.0160. The van der Waals surface area contributed by atoms with Gasteiger partial charge in [0, 0.05) is 61.4 Å². The first-order chi connectivity index (χ1) is 48.7. The van der Waals surface area contributed by atoms with Crippen LogP contribution in [0.2, 0.25) is 0 Å². The fourth-order valence-electron chi connectivity index (χ4n) is 10.7. The average molecular weight is 1530 g/mol. The number of pyridine rings is 3. The van der Waals surface area contributed by atoms with Gasteiger partial charge in [0.25, 0.3) is 0 Å². The van der Waals surface area contributed by atoms with Gasteiger partial charge in [0.2, 0.25) is 0 Å². The molecule has 100 heavy (non-hydrogen) atoms. The van der Waals surface area contributed by atoms with E-state index in [0.29, 0.717) is 38.6 Å². The molecule has 0 fully saturated rings. The molecule has 0 saturated heterocycles. The molecule has 4 unspecified atom stereocenters. The number of aromatic nitrogens is 6. The zero-order valence-corrected chi connectivity index (χ0v) is 64.3. The molecule has 4 aromatic carbocycles. The summed E-state index contributed by atoms with van der Waals surface area (Å²) in [6, 6.07) is 58.9. The molecule has 11 aromatic heterocycles. The fourth-order valence-corrected chi connectivity index (χ4v) is 23.4. The summed E-state index contributed by atoms with van der Waals surface area (Å²) in [7, 11) is -4.22. The summed E-state index contributed by atoms with van der Waals surface area (Å²) in [4.78, 5) is 33.9. The van der Waals surface area contributed by atoms with Gasteiger partial charge in [-0.3, -0.25) is 16.8 Å². The lowest BCUT2D eigenvalue weighted by molar-refractivity contribution is 0.678. The highest BCUT2D eigenvalue weighted by molar-refractivity contribution is 7.88. The highest BCUT2D eigenvalue weighted by Gasteiger charge is 2.26. The molecule has 15 aromatic rings. The largest absolute Gasteiger partial charge is 0.396 e. The van der Waals surface area contributed by atoms with Crippen LogP contribution in [0, 0.1) is 0 Å². The van der Waals surface area contributed by atoms with Gasteiger partial charge in [0.15, 0.2) is 10.8 Å². The lowest BCUT2D eigenvalue weighted by atomic mass is 10.0. The van der Waals surface area contributed by atoms with Crippen molar-refractivity contribution in [2.45, 2.75) is 88.8 Å². The Bertz CT molecular complexity index is 5330.